The van der Waals surface area contributed by atoms with Gasteiger partial charge in [-0.2, -0.15) is 15.3 Å². The molecule has 18 heteroatoms. The van der Waals surface area contributed by atoms with E-state index in [-0.39, 0.29) is 47.5 Å². The number of nitriles is 1. The fraction of sp³-hybridized carbons (Fsp3) is 0.421. The van der Waals surface area contributed by atoms with Crippen molar-refractivity contribution in [3.63, 3.8) is 0 Å². The number of amides is 2. The molecule has 0 aliphatic carbocycles. The van der Waals surface area contributed by atoms with Crippen LogP contribution in [0.2, 0.25) is 0 Å². The zero-order valence-corrected chi connectivity index (χ0v) is 43.0. The molecule has 2 amide bonds. The number of phenols is 2. The number of nitrogens with one attached hydrogen (secondary N) is 2. The van der Waals surface area contributed by atoms with Crippen LogP contribution in [0.3, 0.4) is 0 Å². The number of likely N-dealkylation sites (tertiary alicyclic amines) is 1. The van der Waals surface area contributed by atoms with Crippen molar-refractivity contribution in [2.45, 2.75) is 71.0 Å². The van der Waals surface area contributed by atoms with Crippen molar-refractivity contribution in [2.24, 2.45) is 5.92 Å². The number of anilines is 3. The number of hydrogen-bond acceptors (Lipinski definition) is 14. The van der Waals surface area contributed by atoms with Gasteiger partial charge >= 0.3 is 5.69 Å². The molecule has 3 fully saturated rings. The van der Waals surface area contributed by atoms with E-state index >= 15 is 0 Å². The molecule has 75 heavy (non-hydrogen) atoms. The van der Waals surface area contributed by atoms with Gasteiger partial charge in [0.15, 0.2) is 5.82 Å². The van der Waals surface area contributed by atoms with Crippen molar-refractivity contribution in [1.82, 2.24) is 44.3 Å². The number of aromatic amines is 1. The number of aromatic nitrogens is 5. The Morgan fingerprint density at radius 1 is 0.893 bits per heavy atom. The van der Waals surface area contributed by atoms with E-state index in [1.54, 1.807) is 11.0 Å². The Bertz CT molecular complexity index is 3140. The van der Waals surface area contributed by atoms with Crippen LogP contribution < -0.4 is 20.8 Å². The Labute approximate surface area is 437 Å². The highest BCUT2D eigenvalue weighted by atomic mass is 16.3. The molecule has 0 radical (unpaired) electrons. The normalized spacial score (nSPS) is 17.8. The van der Waals surface area contributed by atoms with Crippen molar-refractivity contribution in [2.75, 3.05) is 93.7 Å². The van der Waals surface area contributed by atoms with E-state index in [9.17, 15) is 29.9 Å². The van der Waals surface area contributed by atoms with Gasteiger partial charge in [0.25, 0.3) is 0 Å². The van der Waals surface area contributed by atoms with Crippen molar-refractivity contribution < 1.29 is 19.8 Å². The molecule has 4 aromatic carbocycles. The van der Waals surface area contributed by atoms with Gasteiger partial charge in [-0.1, -0.05) is 69.0 Å². The third-order valence-corrected chi connectivity index (χ3v) is 15.6. The van der Waals surface area contributed by atoms with E-state index in [1.807, 2.05) is 43.0 Å². The highest BCUT2D eigenvalue weighted by Gasteiger charge is 2.34. The second kappa shape index (κ2) is 22.4. The molecular formula is C57H67N13O5. The van der Waals surface area contributed by atoms with Crippen LogP contribution in [-0.2, 0) is 29.1 Å². The minimum Gasteiger partial charge on any atom is -0.508 e. The van der Waals surface area contributed by atoms with Crippen LogP contribution in [-0.4, -0.2) is 151 Å². The summed E-state index contributed by atoms with van der Waals surface area (Å²) in [6.45, 7) is 18.0. The van der Waals surface area contributed by atoms with Crippen molar-refractivity contribution in [1.29, 1.82) is 5.26 Å². The summed E-state index contributed by atoms with van der Waals surface area (Å²) in [5.74, 6) is 1.89. The summed E-state index contributed by atoms with van der Waals surface area (Å²) in [6, 6.07) is 27.6. The summed E-state index contributed by atoms with van der Waals surface area (Å²) >= 11 is 0. The van der Waals surface area contributed by atoms with E-state index in [4.69, 9.17) is 9.97 Å². The Balaban J connectivity index is 0.710. The molecule has 0 spiro atoms. The summed E-state index contributed by atoms with van der Waals surface area (Å²) < 4.78 is 1.44. The summed E-state index contributed by atoms with van der Waals surface area (Å²) in [4.78, 5) is 62.9. The van der Waals surface area contributed by atoms with Gasteiger partial charge in [0.2, 0.25) is 17.8 Å². The van der Waals surface area contributed by atoms with Gasteiger partial charge in [-0.3, -0.25) is 14.5 Å². The molecule has 0 saturated carbocycles. The minimum absolute atomic E-state index is 0.00216. The number of carbonyl (C=O) groups is 2. The lowest BCUT2D eigenvalue weighted by Crippen LogP contribution is -2.55. The van der Waals surface area contributed by atoms with Crippen molar-refractivity contribution in [3.05, 3.63) is 124 Å². The van der Waals surface area contributed by atoms with E-state index in [0.29, 0.717) is 67.8 Å². The zero-order valence-electron chi connectivity index (χ0n) is 43.0. The fourth-order valence-corrected chi connectivity index (χ4v) is 11.4. The SMILES string of the molecule is C=CC(=O)N1CCN(c2nc(NCCC(=O)N3CCC(CN4CCN(Cc5ccc(-n6c(-c7cc(C(C)C)c(O)cc7O)n[nH]c6=O)cc5)CC4)CC3)nc3c2CCN(c2cccc4ccccc24)C3)C[C@H]1CC#N. The van der Waals surface area contributed by atoms with Gasteiger partial charge in [-0.15, -0.1) is 0 Å². The van der Waals surface area contributed by atoms with Gasteiger partial charge in [0.1, 0.15) is 17.3 Å². The highest BCUT2D eigenvalue weighted by molar-refractivity contribution is 5.94. The Morgan fingerprint density at radius 2 is 1.65 bits per heavy atom. The van der Waals surface area contributed by atoms with Crippen LogP contribution >= 0.6 is 0 Å². The lowest BCUT2D eigenvalue weighted by Gasteiger charge is -2.42. The van der Waals surface area contributed by atoms with Crippen LogP contribution in [0.1, 0.15) is 67.8 Å². The summed E-state index contributed by atoms with van der Waals surface area (Å²) in [5.41, 5.74) is 5.52. The van der Waals surface area contributed by atoms with Gasteiger partial charge in [0.05, 0.1) is 42.0 Å². The summed E-state index contributed by atoms with van der Waals surface area (Å²) in [7, 11) is 0. The van der Waals surface area contributed by atoms with E-state index in [0.717, 1.165) is 106 Å². The lowest BCUT2D eigenvalue weighted by atomic mass is 9.95. The van der Waals surface area contributed by atoms with Crippen LogP contribution in [0, 0.1) is 17.2 Å². The Morgan fingerprint density at radius 3 is 2.41 bits per heavy atom. The fourth-order valence-electron chi connectivity index (χ4n) is 11.4. The third-order valence-electron chi connectivity index (χ3n) is 15.6. The summed E-state index contributed by atoms with van der Waals surface area (Å²) in [6.07, 6.45) is 4.54. The Kier molecular flexibility index (Phi) is 15.2. The molecule has 0 unspecified atom stereocenters. The first-order valence-corrected chi connectivity index (χ1v) is 26.4. The molecular weight excluding hydrogens is 947 g/mol. The highest BCUT2D eigenvalue weighted by Crippen LogP contribution is 2.38. The van der Waals surface area contributed by atoms with E-state index in [2.05, 4.69) is 90.2 Å². The average molecular weight is 1010 g/mol. The number of phenolic OH excluding ortho intramolecular Hbond substituents is 2. The first kappa shape index (κ1) is 50.8. The number of nitrogens with zero attached hydrogens (tertiary/aromatic N) is 11. The number of H-pyrrole nitrogens is 1. The number of piperazine rings is 2. The molecule has 2 aromatic heterocycles. The molecule has 4 aliphatic rings. The molecule has 390 valence electrons. The molecule has 10 rings (SSSR count). The topological polar surface area (TPSA) is 206 Å². The van der Waals surface area contributed by atoms with Gasteiger partial charge in [-0.05, 0) is 78.0 Å². The maximum absolute atomic E-state index is 13.7. The number of carbonyl (C=O) groups excluding carboxylic acids is 2. The van der Waals surface area contributed by atoms with Crippen molar-refractivity contribution in [3.8, 4) is 34.6 Å². The van der Waals surface area contributed by atoms with Crippen LogP contribution in [0.25, 0.3) is 27.8 Å². The third kappa shape index (κ3) is 11.1. The number of fused-ring (bicyclic) bond motifs is 2. The Hall–Kier alpha value is -7.75. The molecule has 3 saturated heterocycles. The monoisotopic (exact) mass is 1010 g/mol. The number of aromatic hydroxyl groups is 2. The number of benzene rings is 4. The average Bonchev–Trinajstić information content (AvgIpc) is 3.81. The van der Waals surface area contributed by atoms with Crippen LogP contribution in [0.4, 0.5) is 17.5 Å². The number of hydrogen-bond donors (Lipinski definition) is 4. The van der Waals surface area contributed by atoms with E-state index in [1.165, 1.54) is 27.5 Å². The maximum atomic E-state index is 13.7. The molecule has 6 aromatic rings. The molecule has 18 nitrogen and oxygen atoms in total. The number of rotatable bonds is 15. The maximum Gasteiger partial charge on any atom is 0.348 e. The molecule has 1 atom stereocenters. The summed E-state index contributed by atoms with van der Waals surface area (Å²) in [5, 5.41) is 43.3. The van der Waals surface area contributed by atoms with Crippen molar-refractivity contribution >= 4 is 40.0 Å². The molecule has 6 heterocycles. The van der Waals surface area contributed by atoms with Gasteiger partial charge in [-0.25, -0.2) is 19.4 Å². The second-order valence-corrected chi connectivity index (χ2v) is 20.7. The largest absolute Gasteiger partial charge is 0.508 e. The first-order chi connectivity index (χ1) is 36.4. The lowest BCUT2D eigenvalue weighted by molar-refractivity contribution is -0.132. The number of piperidine rings is 1. The van der Waals surface area contributed by atoms with Crippen LogP contribution in [0.15, 0.2) is 96.3 Å². The second-order valence-electron chi connectivity index (χ2n) is 20.7. The molecule has 0 bridgehead atoms. The van der Waals surface area contributed by atoms with Gasteiger partial charge in [0, 0.05) is 114 Å². The van der Waals surface area contributed by atoms with Crippen LogP contribution in [0.5, 0.6) is 11.5 Å². The molecule has 4 aliphatic heterocycles. The van der Waals surface area contributed by atoms with E-state index < -0.39 is 5.69 Å². The predicted octanol–water partition coefficient (Wildman–Crippen LogP) is 6.24. The van der Waals surface area contributed by atoms with Gasteiger partial charge < -0.3 is 40.0 Å². The smallest absolute Gasteiger partial charge is 0.348 e. The molecule has 4 N–H and O–H groups in total. The zero-order chi connectivity index (χ0) is 52.2. The predicted molar refractivity (Wildman–Crippen MR) is 290 cm³/mol. The minimum atomic E-state index is -0.421. The first-order valence-electron chi connectivity index (χ1n) is 26.4. The quantitative estimate of drug-likeness (QED) is 0.0841. The standard InChI is InChI=1S/C57H67N13O5/c1-4-52(73)69-31-30-68(36-43(69)16-21-58)54-45-20-25-67(49-11-7-9-41-8-5-6-10-44(41)49)37-48(45)60-56(61-54)59-22-17-53(74)66-23-18-40(19-24-66)35-65-28-26-64(27-29-65)34-39-12-14-42(15-13-39)70-55(62-63-57(70)75)47-32-46(38(2)3)50(71)33-51(47)72/h4-15,32-33,38,40,43,71-72H,1,16-20,22-31,34-37H2,2-3H3,(H,63,75)(H,59,60,61)/t43-/m1/s1.